The van der Waals surface area contributed by atoms with Crippen molar-refractivity contribution in [3.63, 3.8) is 0 Å². The molecule has 1 heterocycles. The van der Waals surface area contributed by atoms with Crippen LogP contribution in [0.15, 0.2) is 36.4 Å². The molecule has 8 heteroatoms. The van der Waals surface area contributed by atoms with Crippen LogP contribution in [0.4, 0.5) is 5.69 Å². The molecule has 2 saturated carbocycles. The zero-order chi connectivity index (χ0) is 26.7. The first-order valence-electron chi connectivity index (χ1n) is 13.7. The van der Waals surface area contributed by atoms with Gasteiger partial charge in [-0.15, -0.1) is 0 Å². The minimum Gasteiger partial charge on any atom is -0.466 e. The number of carbonyl (C=O) groups is 2. The van der Waals surface area contributed by atoms with Gasteiger partial charge in [0.1, 0.15) is 5.82 Å². The van der Waals surface area contributed by atoms with Gasteiger partial charge in [-0.25, -0.2) is 4.98 Å². The summed E-state index contributed by atoms with van der Waals surface area (Å²) in [5, 5.41) is 12.4. The van der Waals surface area contributed by atoms with E-state index < -0.39 is 0 Å². The Hall–Kier alpha value is -3.86. The maximum Gasteiger partial charge on any atom is 0.306 e. The van der Waals surface area contributed by atoms with Gasteiger partial charge in [-0.2, -0.15) is 5.26 Å². The number of benzene rings is 2. The minimum atomic E-state index is -0.321. The van der Waals surface area contributed by atoms with E-state index >= 15 is 0 Å². The monoisotopic (exact) mass is 513 g/mol. The molecule has 0 saturated heterocycles. The van der Waals surface area contributed by atoms with Crippen LogP contribution in [0.5, 0.6) is 0 Å². The molecule has 0 bridgehead atoms. The molecule has 2 aliphatic carbocycles. The summed E-state index contributed by atoms with van der Waals surface area (Å²) in [6.07, 6.45) is 6.47. The average Bonchev–Trinajstić information content (AvgIpc) is 3.32. The molecule has 5 rings (SSSR count). The lowest BCUT2D eigenvalue weighted by Crippen LogP contribution is -2.47. The number of rotatable bonds is 10. The lowest BCUT2D eigenvalue weighted by Gasteiger charge is -2.38. The van der Waals surface area contributed by atoms with Crippen molar-refractivity contribution in [2.24, 2.45) is 0 Å². The highest BCUT2D eigenvalue weighted by atomic mass is 16.5. The number of aromatic nitrogens is 2. The lowest BCUT2D eigenvalue weighted by atomic mass is 9.94. The van der Waals surface area contributed by atoms with E-state index in [2.05, 4.69) is 40.3 Å². The Kier molecular flexibility index (Phi) is 7.37. The number of carbonyl (C=O) groups excluding carboxylic acids is 2. The highest BCUT2D eigenvalue weighted by molar-refractivity contribution is 5.84. The Bertz CT molecular complexity index is 1360. The highest BCUT2D eigenvalue weighted by Crippen LogP contribution is 2.55. The van der Waals surface area contributed by atoms with Gasteiger partial charge in [0.05, 0.1) is 47.8 Å². The number of fused-ring (bicyclic) bond motifs is 1. The van der Waals surface area contributed by atoms with Crippen LogP contribution in [0.25, 0.3) is 11.0 Å². The maximum atomic E-state index is 13.6. The van der Waals surface area contributed by atoms with Crippen molar-refractivity contribution in [1.29, 1.82) is 5.26 Å². The second-order valence-electron chi connectivity index (χ2n) is 10.4. The smallest absolute Gasteiger partial charge is 0.306 e. The number of imidazole rings is 1. The van der Waals surface area contributed by atoms with Gasteiger partial charge >= 0.3 is 5.97 Å². The van der Waals surface area contributed by atoms with Gasteiger partial charge in [-0.3, -0.25) is 9.59 Å². The van der Waals surface area contributed by atoms with Gasteiger partial charge in [0, 0.05) is 18.2 Å². The Morgan fingerprint density at radius 3 is 2.55 bits per heavy atom. The number of hydrogen-bond acceptors (Lipinski definition) is 6. The Morgan fingerprint density at radius 2 is 1.89 bits per heavy atom. The summed E-state index contributed by atoms with van der Waals surface area (Å²) < 4.78 is 5.07. The predicted octanol–water partition coefficient (Wildman–Crippen LogP) is 5.46. The number of aryl methyl sites for hydroxylation is 1. The number of esters is 1. The maximum absolute atomic E-state index is 13.6. The van der Waals surface area contributed by atoms with Crippen LogP contribution in [0.1, 0.15) is 80.8 Å². The third-order valence-corrected chi connectivity index (χ3v) is 7.92. The van der Waals surface area contributed by atoms with E-state index in [0.29, 0.717) is 18.7 Å². The average molecular weight is 514 g/mol. The highest BCUT2D eigenvalue weighted by Gasteiger charge is 2.54. The van der Waals surface area contributed by atoms with Gasteiger partial charge in [-0.05, 0) is 81.0 Å². The van der Waals surface area contributed by atoms with Crippen molar-refractivity contribution < 1.29 is 14.3 Å². The van der Waals surface area contributed by atoms with Crippen LogP contribution in [0.3, 0.4) is 0 Å². The van der Waals surface area contributed by atoms with Crippen molar-refractivity contribution in [2.45, 2.75) is 83.3 Å². The van der Waals surface area contributed by atoms with Gasteiger partial charge < -0.3 is 19.9 Å². The molecule has 0 radical (unpaired) electrons. The Morgan fingerprint density at radius 1 is 1.16 bits per heavy atom. The van der Waals surface area contributed by atoms with Crippen LogP contribution in [0.2, 0.25) is 0 Å². The van der Waals surface area contributed by atoms with E-state index in [1.54, 1.807) is 19.1 Å². The molecule has 1 amide bonds. The molecule has 2 fully saturated rings. The fourth-order valence-corrected chi connectivity index (χ4v) is 5.98. The zero-order valence-corrected chi connectivity index (χ0v) is 22.2. The molecular formula is C30H35N5O3. The molecule has 198 valence electrons. The second-order valence-corrected chi connectivity index (χ2v) is 10.4. The predicted molar refractivity (Wildman–Crippen MR) is 145 cm³/mol. The van der Waals surface area contributed by atoms with Crippen LogP contribution < -0.4 is 5.32 Å². The molecule has 0 spiro atoms. The van der Waals surface area contributed by atoms with Gasteiger partial charge in [-0.1, -0.05) is 18.9 Å². The summed E-state index contributed by atoms with van der Waals surface area (Å²) in [7, 11) is 0. The van der Waals surface area contributed by atoms with Crippen molar-refractivity contribution in [3.05, 3.63) is 58.9 Å². The van der Waals surface area contributed by atoms with E-state index in [4.69, 9.17) is 15.0 Å². The summed E-state index contributed by atoms with van der Waals surface area (Å²) in [4.78, 5) is 36.1. The van der Waals surface area contributed by atoms with Crippen molar-refractivity contribution in [2.75, 3.05) is 11.9 Å². The van der Waals surface area contributed by atoms with Crippen LogP contribution in [-0.4, -0.2) is 39.4 Å². The summed E-state index contributed by atoms with van der Waals surface area (Å²) in [6, 6.07) is 13.9. The SMILES string of the molecule is CCOC(=O)CCC(=O)N(C1CCCC1)C1(c2ccc3[nH]c(CNc4ccc(C#N)cc4)nc3c2C)CC1. The lowest BCUT2D eigenvalue weighted by molar-refractivity contribution is -0.147. The van der Waals surface area contributed by atoms with Gasteiger partial charge in [0.2, 0.25) is 5.91 Å². The molecule has 1 aromatic heterocycles. The Labute approximate surface area is 223 Å². The topological polar surface area (TPSA) is 111 Å². The number of anilines is 1. The zero-order valence-electron chi connectivity index (χ0n) is 22.2. The van der Waals surface area contributed by atoms with Crippen molar-refractivity contribution in [3.8, 4) is 6.07 Å². The first kappa shape index (κ1) is 25.8. The second kappa shape index (κ2) is 10.9. The molecule has 0 aliphatic heterocycles. The van der Waals surface area contributed by atoms with Crippen molar-refractivity contribution in [1.82, 2.24) is 14.9 Å². The van der Waals surface area contributed by atoms with Gasteiger partial charge in [0.25, 0.3) is 0 Å². The fraction of sp³-hybridized carbons (Fsp3) is 0.467. The van der Waals surface area contributed by atoms with E-state index in [1.165, 1.54) is 5.56 Å². The number of aromatic amines is 1. The molecule has 3 aromatic rings. The summed E-state index contributed by atoms with van der Waals surface area (Å²) in [5.41, 5.74) is 5.39. The van der Waals surface area contributed by atoms with Crippen LogP contribution in [-0.2, 0) is 26.4 Å². The number of nitrogens with one attached hydrogen (secondary N) is 2. The fourth-order valence-electron chi connectivity index (χ4n) is 5.98. The quantitative estimate of drug-likeness (QED) is 0.348. The standard InChI is InChI=1S/C30H35N5O3/c1-3-38-28(37)15-14-27(36)35(23-6-4-5-7-23)30(16-17-30)24-12-13-25-29(20(24)2)34-26(33-25)19-32-22-10-8-21(18-31)9-11-22/h8-13,23,32H,3-7,14-17,19H2,1-2H3,(H,33,34). The molecule has 0 unspecified atom stereocenters. The van der Waals surface area contributed by atoms with Crippen LogP contribution >= 0.6 is 0 Å². The Balaban J connectivity index is 1.38. The molecule has 2 aliphatic rings. The third-order valence-electron chi connectivity index (χ3n) is 7.92. The third kappa shape index (κ3) is 5.10. The summed E-state index contributed by atoms with van der Waals surface area (Å²) in [6.45, 7) is 4.75. The number of nitrogens with zero attached hydrogens (tertiary/aromatic N) is 3. The van der Waals surface area contributed by atoms with E-state index in [1.807, 2.05) is 12.1 Å². The molecule has 2 aromatic carbocycles. The number of H-pyrrole nitrogens is 1. The first-order chi connectivity index (χ1) is 18.4. The summed E-state index contributed by atoms with van der Waals surface area (Å²) in [5.74, 6) is 0.567. The summed E-state index contributed by atoms with van der Waals surface area (Å²) >= 11 is 0. The number of nitriles is 1. The minimum absolute atomic E-state index is 0.0521. The molecule has 38 heavy (non-hydrogen) atoms. The first-order valence-corrected chi connectivity index (χ1v) is 13.7. The number of ether oxygens (including phenoxy) is 1. The van der Waals surface area contributed by atoms with E-state index in [0.717, 1.165) is 66.6 Å². The molecule has 8 nitrogen and oxygen atoms in total. The van der Waals surface area contributed by atoms with Crippen molar-refractivity contribution >= 4 is 28.6 Å². The molecule has 2 N–H and O–H groups in total. The van der Waals surface area contributed by atoms with E-state index in [9.17, 15) is 9.59 Å². The van der Waals surface area contributed by atoms with E-state index in [-0.39, 0.29) is 36.3 Å². The van der Waals surface area contributed by atoms with Gasteiger partial charge in [0.15, 0.2) is 0 Å². The molecular weight excluding hydrogens is 478 g/mol. The number of amides is 1. The molecule has 0 atom stereocenters. The largest absolute Gasteiger partial charge is 0.466 e. The normalized spacial score (nSPS) is 16.2. The number of hydrogen-bond donors (Lipinski definition) is 2. The van der Waals surface area contributed by atoms with Crippen LogP contribution in [0, 0.1) is 18.3 Å².